The molecule has 0 saturated carbocycles. The molecule has 1 unspecified atom stereocenters. The Morgan fingerprint density at radius 2 is 1.95 bits per heavy atom. The summed E-state index contributed by atoms with van der Waals surface area (Å²) in [6, 6.07) is 5.07. The van der Waals surface area contributed by atoms with Crippen molar-refractivity contribution in [1.82, 2.24) is 0 Å². The van der Waals surface area contributed by atoms with Gasteiger partial charge in [-0.05, 0) is 30.3 Å². The molecule has 0 bridgehead atoms. The molecule has 0 fully saturated rings. The molecule has 19 heavy (non-hydrogen) atoms. The van der Waals surface area contributed by atoms with Gasteiger partial charge in [-0.1, -0.05) is 0 Å². The van der Waals surface area contributed by atoms with Crippen LogP contribution in [0.25, 0.3) is 0 Å². The predicted molar refractivity (Wildman–Crippen MR) is 58.8 cm³/mol. The van der Waals surface area contributed by atoms with Gasteiger partial charge in [0.1, 0.15) is 11.6 Å². The standard InChI is InChI=1S/C13H10F4O2/c14-11-4-3-8(13(15,16)17)6-10(11)12(18)7-9-2-1-5-19-9/h1-6,12,18H,7H2. The van der Waals surface area contributed by atoms with Crippen molar-refractivity contribution in [3.8, 4) is 0 Å². The third kappa shape index (κ3) is 3.14. The molecular formula is C13H10F4O2. The molecule has 6 heteroatoms. The van der Waals surface area contributed by atoms with Crippen LogP contribution in [0.3, 0.4) is 0 Å². The first-order valence-electron chi connectivity index (χ1n) is 5.45. The maximum Gasteiger partial charge on any atom is 0.416 e. The number of hydrogen-bond donors (Lipinski definition) is 1. The van der Waals surface area contributed by atoms with Gasteiger partial charge in [-0.25, -0.2) is 4.39 Å². The highest BCUT2D eigenvalue weighted by Gasteiger charge is 2.31. The third-order valence-electron chi connectivity index (χ3n) is 2.66. The summed E-state index contributed by atoms with van der Waals surface area (Å²) >= 11 is 0. The average molecular weight is 274 g/mol. The number of alkyl halides is 3. The largest absolute Gasteiger partial charge is 0.469 e. The van der Waals surface area contributed by atoms with Crippen LogP contribution in [0.1, 0.15) is 23.0 Å². The molecule has 2 aromatic rings. The van der Waals surface area contributed by atoms with E-state index in [0.717, 1.165) is 0 Å². The van der Waals surface area contributed by atoms with E-state index < -0.39 is 29.2 Å². The van der Waals surface area contributed by atoms with Gasteiger partial charge in [-0.2, -0.15) is 13.2 Å². The van der Waals surface area contributed by atoms with Gasteiger partial charge in [0.25, 0.3) is 0 Å². The minimum atomic E-state index is -4.58. The molecule has 1 atom stereocenters. The lowest BCUT2D eigenvalue weighted by Crippen LogP contribution is -2.09. The second-order valence-electron chi connectivity index (χ2n) is 4.03. The smallest absolute Gasteiger partial charge is 0.416 e. The van der Waals surface area contributed by atoms with Crippen LogP contribution in [0, 0.1) is 5.82 Å². The summed E-state index contributed by atoms with van der Waals surface area (Å²) in [5.74, 6) is -0.517. The number of halogens is 4. The topological polar surface area (TPSA) is 33.4 Å². The van der Waals surface area contributed by atoms with Crippen molar-refractivity contribution in [2.75, 3.05) is 0 Å². The van der Waals surface area contributed by atoms with Gasteiger partial charge in [0.2, 0.25) is 0 Å². The number of hydrogen-bond acceptors (Lipinski definition) is 2. The summed E-state index contributed by atoms with van der Waals surface area (Å²) in [6.45, 7) is 0. The SMILES string of the molecule is OC(Cc1ccco1)c1cc(C(F)(F)F)ccc1F. The van der Waals surface area contributed by atoms with Crippen LogP contribution in [0.2, 0.25) is 0 Å². The van der Waals surface area contributed by atoms with Crippen LogP contribution in [0.15, 0.2) is 41.0 Å². The molecule has 2 nitrogen and oxygen atoms in total. The molecule has 2 rings (SSSR count). The van der Waals surface area contributed by atoms with Gasteiger partial charge in [-0.15, -0.1) is 0 Å². The molecule has 1 aromatic heterocycles. The van der Waals surface area contributed by atoms with Gasteiger partial charge in [0.15, 0.2) is 0 Å². The summed E-state index contributed by atoms with van der Waals surface area (Å²) < 4.78 is 56.0. The van der Waals surface area contributed by atoms with E-state index in [-0.39, 0.29) is 6.42 Å². The van der Waals surface area contributed by atoms with Crippen LogP contribution in [0.5, 0.6) is 0 Å². The Labute approximate surface area is 106 Å². The average Bonchev–Trinajstić information content (AvgIpc) is 2.80. The fourth-order valence-corrected chi connectivity index (χ4v) is 1.70. The molecule has 0 aliphatic carbocycles. The fourth-order valence-electron chi connectivity index (χ4n) is 1.70. The second-order valence-corrected chi connectivity index (χ2v) is 4.03. The Morgan fingerprint density at radius 3 is 2.53 bits per heavy atom. The predicted octanol–water partition coefficient (Wildman–Crippen LogP) is 3.71. The summed E-state index contributed by atoms with van der Waals surface area (Å²) in [7, 11) is 0. The molecule has 0 radical (unpaired) electrons. The van der Waals surface area contributed by atoms with E-state index >= 15 is 0 Å². The maximum atomic E-state index is 13.5. The molecule has 102 valence electrons. The maximum absolute atomic E-state index is 13.5. The molecule has 0 amide bonds. The normalized spacial score (nSPS) is 13.5. The highest BCUT2D eigenvalue weighted by Crippen LogP contribution is 2.32. The van der Waals surface area contributed by atoms with Crippen molar-refractivity contribution in [2.45, 2.75) is 18.7 Å². The Kier molecular flexibility index (Phi) is 3.61. The molecular weight excluding hydrogens is 264 g/mol. The van der Waals surface area contributed by atoms with Crippen molar-refractivity contribution >= 4 is 0 Å². The monoisotopic (exact) mass is 274 g/mol. The van der Waals surface area contributed by atoms with Gasteiger partial charge in [0.05, 0.1) is 17.9 Å². The zero-order valence-electron chi connectivity index (χ0n) is 9.62. The van der Waals surface area contributed by atoms with E-state index in [2.05, 4.69) is 0 Å². The van der Waals surface area contributed by atoms with E-state index in [9.17, 15) is 22.7 Å². The molecule has 0 aliphatic heterocycles. The molecule has 0 spiro atoms. The van der Waals surface area contributed by atoms with Gasteiger partial charge < -0.3 is 9.52 Å². The van der Waals surface area contributed by atoms with Crippen LogP contribution in [-0.4, -0.2) is 5.11 Å². The summed E-state index contributed by atoms with van der Waals surface area (Å²) in [5, 5.41) is 9.80. The Hall–Kier alpha value is -1.82. The molecule has 1 heterocycles. The van der Waals surface area contributed by atoms with E-state index in [1.807, 2.05) is 0 Å². The molecule has 0 aliphatic rings. The van der Waals surface area contributed by atoms with Gasteiger partial charge in [-0.3, -0.25) is 0 Å². The Bertz CT molecular complexity index is 546. The lowest BCUT2D eigenvalue weighted by Gasteiger charge is -2.13. The highest BCUT2D eigenvalue weighted by atomic mass is 19.4. The van der Waals surface area contributed by atoms with E-state index in [1.54, 1.807) is 12.1 Å². The third-order valence-corrected chi connectivity index (χ3v) is 2.66. The van der Waals surface area contributed by atoms with Gasteiger partial charge >= 0.3 is 6.18 Å². The molecule has 1 N–H and O–H groups in total. The fraction of sp³-hybridized carbons (Fsp3) is 0.231. The quantitative estimate of drug-likeness (QED) is 0.865. The van der Waals surface area contributed by atoms with Crippen molar-refractivity contribution in [2.24, 2.45) is 0 Å². The number of furan rings is 1. The van der Waals surface area contributed by atoms with Crippen molar-refractivity contribution in [1.29, 1.82) is 0 Å². The Morgan fingerprint density at radius 1 is 1.21 bits per heavy atom. The van der Waals surface area contributed by atoms with Crippen molar-refractivity contribution in [3.05, 3.63) is 59.3 Å². The highest BCUT2D eigenvalue weighted by molar-refractivity contribution is 5.29. The van der Waals surface area contributed by atoms with E-state index in [1.165, 1.54) is 6.26 Å². The summed E-state index contributed by atoms with van der Waals surface area (Å²) in [4.78, 5) is 0. The number of rotatable bonds is 3. The summed E-state index contributed by atoms with van der Waals surface area (Å²) in [6.07, 6.45) is -4.70. The minimum Gasteiger partial charge on any atom is -0.469 e. The lowest BCUT2D eigenvalue weighted by atomic mass is 10.0. The zero-order chi connectivity index (χ0) is 14.0. The first kappa shape index (κ1) is 13.6. The molecule has 0 saturated heterocycles. The van der Waals surface area contributed by atoms with E-state index in [0.29, 0.717) is 24.0 Å². The Balaban J connectivity index is 2.28. The van der Waals surface area contributed by atoms with Crippen LogP contribution >= 0.6 is 0 Å². The van der Waals surface area contributed by atoms with Crippen molar-refractivity contribution < 1.29 is 27.1 Å². The minimum absolute atomic E-state index is 0.0920. The first-order valence-corrected chi connectivity index (χ1v) is 5.45. The number of aliphatic hydroxyl groups excluding tert-OH is 1. The second kappa shape index (κ2) is 5.05. The first-order chi connectivity index (χ1) is 8.88. The molecule has 1 aromatic carbocycles. The zero-order valence-corrected chi connectivity index (χ0v) is 9.62. The van der Waals surface area contributed by atoms with Crippen LogP contribution in [-0.2, 0) is 12.6 Å². The van der Waals surface area contributed by atoms with Crippen LogP contribution in [0.4, 0.5) is 17.6 Å². The summed E-state index contributed by atoms with van der Waals surface area (Å²) in [5.41, 5.74) is -1.39. The van der Waals surface area contributed by atoms with Gasteiger partial charge in [0, 0.05) is 12.0 Å². The lowest BCUT2D eigenvalue weighted by molar-refractivity contribution is -0.137. The van der Waals surface area contributed by atoms with E-state index in [4.69, 9.17) is 4.42 Å². The number of aliphatic hydroxyl groups is 1. The van der Waals surface area contributed by atoms with Crippen molar-refractivity contribution in [3.63, 3.8) is 0 Å². The van der Waals surface area contributed by atoms with Crippen LogP contribution < -0.4 is 0 Å². The number of benzene rings is 1.